The van der Waals surface area contributed by atoms with Crippen LogP contribution in [0.5, 0.6) is 0 Å². The molecule has 0 fully saturated rings. The molecule has 3 aromatic rings. The van der Waals surface area contributed by atoms with Crippen molar-refractivity contribution in [2.24, 2.45) is 7.05 Å². The summed E-state index contributed by atoms with van der Waals surface area (Å²) in [6.07, 6.45) is 1.82. The molecule has 0 atom stereocenters. The van der Waals surface area contributed by atoms with Gasteiger partial charge in [-0.05, 0) is 18.2 Å². The van der Waals surface area contributed by atoms with Gasteiger partial charge in [-0.1, -0.05) is 6.07 Å². The average molecular weight is 213 g/mol. The quantitative estimate of drug-likeness (QED) is 0.595. The van der Waals surface area contributed by atoms with E-state index < -0.39 is 0 Å². The number of aromatic amines is 1. The van der Waals surface area contributed by atoms with Crippen molar-refractivity contribution in [2.75, 3.05) is 5.73 Å². The number of nitrogens with zero attached hydrogens (tertiary/aromatic N) is 1. The third kappa shape index (κ3) is 1.01. The van der Waals surface area contributed by atoms with Crippen molar-refractivity contribution < 1.29 is 0 Å². The normalized spacial score (nSPS) is 11.3. The molecule has 1 aromatic carbocycles. The molecular weight excluding hydrogens is 202 g/mol. The van der Waals surface area contributed by atoms with Gasteiger partial charge in [0.2, 0.25) is 0 Å². The van der Waals surface area contributed by atoms with E-state index in [-0.39, 0.29) is 5.43 Å². The second-order valence-electron chi connectivity index (χ2n) is 3.90. The van der Waals surface area contributed by atoms with Gasteiger partial charge in [-0.15, -0.1) is 0 Å². The number of aromatic nitrogens is 2. The van der Waals surface area contributed by atoms with E-state index in [0.29, 0.717) is 5.82 Å². The second-order valence-corrected chi connectivity index (χ2v) is 3.90. The summed E-state index contributed by atoms with van der Waals surface area (Å²) in [5, 5.41) is 1.64. The molecule has 0 unspecified atom stereocenters. The van der Waals surface area contributed by atoms with Crippen LogP contribution in [-0.4, -0.2) is 9.55 Å². The molecule has 4 heteroatoms. The molecule has 0 amide bonds. The number of anilines is 1. The van der Waals surface area contributed by atoms with Crippen molar-refractivity contribution in [2.45, 2.75) is 0 Å². The third-order valence-corrected chi connectivity index (χ3v) is 2.95. The summed E-state index contributed by atoms with van der Waals surface area (Å²) in [4.78, 5) is 14.8. The number of rotatable bonds is 0. The van der Waals surface area contributed by atoms with Crippen LogP contribution in [0.4, 0.5) is 5.82 Å². The van der Waals surface area contributed by atoms with Crippen molar-refractivity contribution in [3.63, 3.8) is 0 Å². The zero-order valence-corrected chi connectivity index (χ0v) is 8.82. The SMILES string of the molecule is Cn1c2c[nH]c(N)cc2c2c(=O)cccc21. The largest absolute Gasteiger partial charge is 0.385 e. The summed E-state index contributed by atoms with van der Waals surface area (Å²) in [6.45, 7) is 0. The number of hydrogen-bond donors (Lipinski definition) is 2. The Morgan fingerprint density at radius 2 is 2.12 bits per heavy atom. The smallest absolute Gasteiger partial charge is 0.188 e. The molecule has 0 saturated heterocycles. The Kier molecular flexibility index (Phi) is 1.63. The van der Waals surface area contributed by atoms with Gasteiger partial charge in [-0.3, -0.25) is 4.79 Å². The molecule has 0 aliphatic heterocycles. The van der Waals surface area contributed by atoms with E-state index in [0.717, 1.165) is 21.8 Å². The van der Waals surface area contributed by atoms with Gasteiger partial charge >= 0.3 is 0 Å². The molecule has 0 aliphatic carbocycles. The number of hydrogen-bond acceptors (Lipinski definition) is 2. The molecule has 4 nitrogen and oxygen atoms in total. The maximum Gasteiger partial charge on any atom is 0.188 e. The van der Waals surface area contributed by atoms with Crippen molar-refractivity contribution in [3.8, 4) is 0 Å². The maximum atomic E-state index is 11.9. The van der Waals surface area contributed by atoms with E-state index in [1.807, 2.05) is 23.9 Å². The van der Waals surface area contributed by atoms with Crippen LogP contribution in [0.2, 0.25) is 0 Å². The fraction of sp³-hybridized carbons (Fsp3) is 0.0833. The Morgan fingerprint density at radius 1 is 1.31 bits per heavy atom. The number of nitrogens with one attached hydrogen (secondary N) is 1. The lowest BCUT2D eigenvalue weighted by atomic mass is 10.2. The second kappa shape index (κ2) is 2.88. The number of fused-ring (bicyclic) bond motifs is 3. The Morgan fingerprint density at radius 3 is 2.94 bits per heavy atom. The zero-order chi connectivity index (χ0) is 11.3. The molecule has 0 saturated carbocycles. The zero-order valence-electron chi connectivity index (χ0n) is 8.82. The number of nitrogen functional groups attached to an aromatic ring is 1. The van der Waals surface area contributed by atoms with Crippen molar-refractivity contribution in [1.29, 1.82) is 0 Å². The molecule has 0 radical (unpaired) electrons. The molecule has 16 heavy (non-hydrogen) atoms. The standard InChI is InChI=1S/C12H11N3O/c1-15-8-3-2-4-10(16)12(8)7-5-11(13)14-6-9(7)15/h2-6,14H,13H2,1H3. The minimum atomic E-state index is 0.0358. The van der Waals surface area contributed by atoms with Crippen LogP contribution in [0.3, 0.4) is 0 Å². The molecule has 3 rings (SSSR count). The van der Waals surface area contributed by atoms with E-state index in [4.69, 9.17) is 5.73 Å². The Labute approximate surface area is 91.3 Å². The first kappa shape index (κ1) is 9.03. The lowest BCUT2D eigenvalue weighted by Crippen LogP contribution is -1.97. The third-order valence-electron chi connectivity index (χ3n) is 2.95. The first-order valence-electron chi connectivity index (χ1n) is 5.04. The van der Waals surface area contributed by atoms with Crippen LogP contribution < -0.4 is 11.2 Å². The fourth-order valence-electron chi connectivity index (χ4n) is 2.18. The molecule has 3 N–H and O–H groups in total. The van der Waals surface area contributed by atoms with E-state index in [9.17, 15) is 4.79 Å². The molecule has 0 bridgehead atoms. The van der Waals surface area contributed by atoms with E-state index in [1.165, 1.54) is 0 Å². The predicted octanol–water partition coefficient (Wildman–Crippen LogP) is 1.60. The lowest BCUT2D eigenvalue weighted by molar-refractivity contribution is 1.01. The van der Waals surface area contributed by atoms with Gasteiger partial charge in [-0.25, -0.2) is 0 Å². The van der Waals surface area contributed by atoms with Crippen LogP contribution in [0, 0.1) is 0 Å². The van der Waals surface area contributed by atoms with Gasteiger partial charge in [0.25, 0.3) is 0 Å². The number of nitrogens with two attached hydrogens (primary N) is 1. The Balaban J connectivity index is 2.72. The van der Waals surface area contributed by atoms with Crippen LogP contribution in [0.15, 0.2) is 35.3 Å². The molecule has 2 heterocycles. The first-order valence-corrected chi connectivity index (χ1v) is 5.04. The number of H-pyrrole nitrogens is 1. The summed E-state index contributed by atoms with van der Waals surface area (Å²) in [7, 11) is 1.94. The van der Waals surface area contributed by atoms with Crippen molar-refractivity contribution in [3.05, 3.63) is 40.7 Å². The van der Waals surface area contributed by atoms with Crippen molar-refractivity contribution in [1.82, 2.24) is 9.55 Å². The fourth-order valence-corrected chi connectivity index (χ4v) is 2.18. The summed E-state index contributed by atoms with van der Waals surface area (Å²) in [6, 6.07) is 7.09. The van der Waals surface area contributed by atoms with Gasteiger partial charge in [0.05, 0.1) is 16.4 Å². The van der Waals surface area contributed by atoms with Gasteiger partial charge in [-0.2, -0.15) is 0 Å². The maximum absolute atomic E-state index is 11.9. The first-order chi connectivity index (χ1) is 7.68. The predicted molar refractivity (Wildman–Crippen MR) is 65.5 cm³/mol. The van der Waals surface area contributed by atoms with Crippen LogP contribution in [0.25, 0.3) is 21.8 Å². The average Bonchev–Trinajstić information content (AvgIpc) is 2.54. The highest BCUT2D eigenvalue weighted by atomic mass is 16.1. The summed E-state index contributed by atoms with van der Waals surface area (Å²) >= 11 is 0. The number of benzene rings is 1. The minimum absolute atomic E-state index is 0.0358. The van der Waals surface area contributed by atoms with E-state index >= 15 is 0 Å². The molecule has 0 aliphatic rings. The summed E-state index contributed by atoms with van der Waals surface area (Å²) in [5.41, 5.74) is 7.65. The highest BCUT2D eigenvalue weighted by molar-refractivity contribution is 6.08. The molecule has 80 valence electrons. The van der Waals surface area contributed by atoms with Crippen LogP contribution in [0.1, 0.15) is 0 Å². The van der Waals surface area contributed by atoms with Crippen LogP contribution >= 0.6 is 0 Å². The van der Waals surface area contributed by atoms with Gasteiger partial charge in [0, 0.05) is 18.6 Å². The highest BCUT2D eigenvalue weighted by Crippen LogP contribution is 2.25. The summed E-state index contributed by atoms with van der Waals surface area (Å²) in [5.74, 6) is 0.559. The highest BCUT2D eigenvalue weighted by Gasteiger charge is 2.10. The summed E-state index contributed by atoms with van der Waals surface area (Å²) < 4.78 is 1.99. The molecule has 0 spiro atoms. The lowest BCUT2D eigenvalue weighted by Gasteiger charge is -1.97. The Bertz CT molecular complexity index is 752. The van der Waals surface area contributed by atoms with E-state index in [2.05, 4.69) is 4.98 Å². The number of aryl methyl sites for hydroxylation is 1. The molecule has 2 aromatic heterocycles. The van der Waals surface area contributed by atoms with Crippen LogP contribution in [-0.2, 0) is 7.05 Å². The van der Waals surface area contributed by atoms with Crippen molar-refractivity contribution >= 4 is 27.6 Å². The number of pyridine rings is 1. The van der Waals surface area contributed by atoms with Gasteiger partial charge in [0.15, 0.2) is 5.43 Å². The van der Waals surface area contributed by atoms with Gasteiger partial charge < -0.3 is 15.3 Å². The minimum Gasteiger partial charge on any atom is -0.385 e. The topological polar surface area (TPSA) is 63.8 Å². The van der Waals surface area contributed by atoms with E-state index in [1.54, 1.807) is 18.2 Å². The monoisotopic (exact) mass is 213 g/mol. The molecular formula is C12H11N3O. The van der Waals surface area contributed by atoms with Gasteiger partial charge in [0.1, 0.15) is 5.82 Å². The Hall–Kier alpha value is -2.23.